The second kappa shape index (κ2) is 10.6. The summed E-state index contributed by atoms with van der Waals surface area (Å²) >= 11 is 0. The molecule has 4 aromatic rings. The van der Waals surface area contributed by atoms with E-state index in [1.165, 1.54) is 22.3 Å². The normalized spacial score (nSPS) is 9.86. The molecule has 0 aliphatic rings. The Morgan fingerprint density at radius 2 is 0.750 bits per heavy atom. The van der Waals surface area contributed by atoms with E-state index in [4.69, 9.17) is 0 Å². The van der Waals surface area contributed by atoms with Crippen LogP contribution in [0.2, 0.25) is 0 Å². The lowest BCUT2D eigenvalue weighted by molar-refractivity contribution is -0.688. The summed E-state index contributed by atoms with van der Waals surface area (Å²) in [6.45, 7) is 1.79. The molecule has 28 heavy (non-hydrogen) atoms. The lowest BCUT2D eigenvalue weighted by Gasteiger charge is -2.02. The summed E-state index contributed by atoms with van der Waals surface area (Å²) < 4.78 is 4.41. The van der Waals surface area contributed by atoms with Gasteiger partial charge in [-0.2, -0.15) is 0 Å². The van der Waals surface area contributed by atoms with Gasteiger partial charge in [0.15, 0.2) is 37.9 Å². The predicted molar refractivity (Wildman–Crippen MR) is 103 cm³/mol. The van der Waals surface area contributed by atoms with Gasteiger partial charge in [-0.1, -0.05) is 60.7 Å². The van der Waals surface area contributed by atoms with Crippen molar-refractivity contribution in [3.8, 4) is 11.1 Å². The molecule has 0 amide bonds. The maximum Gasteiger partial charge on any atom is 0.173 e. The van der Waals surface area contributed by atoms with E-state index >= 15 is 0 Å². The molecule has 0 atom stereocenters. The van der Waals surface area contributed by atoms with Crippen LogP contribution in [-0.4, -0.2) is 0 Å². The first-order chi connectivity index (χ1) is 12.9. The van der Waals surface area contributed by atoms with Crippen molar-refractivity contribution in [2.75, 3.05) is 0 Å². The molecule has 0 fully saturated rings. The van der Waals surface area contributed by atoms with Crippen LogP contribution in [0.25, 0.3) is 11.1 Å². The zero-order valence-corrected chi connectivity index (χ0v) is 17.0. The predicted octanol–water partition coefficient (Wildman–Crippen LogP) is -1.97. The molecule has 0 radical (unpaired) electrons. The molecule has 0 N–H and O–H groups in total. The Morgan fingerprint density at radius 3 is 1.07 bits per heavy atom. The second-order valence-electron chi connectivity index (χ2n) is 6.49. The van der Waals surface area contributed by atoms with Crippen molar-refractivity contribution in [1.82, 2.24) is 0 Å². The lowest BCUT2D eigenvalue weighted by atomic mass is 10.1. The third kappa shape index (κ3) is 5.66. The first-order valence-electron chi connectivity index (χ1n) is 8.93. The highest BCUT2D eigenvalue weighted by Crippen LogP contribution is 2.15. The first kappa shape index (κ1) is 21.6. The van der Waals surface area contributed by atoms with Gasteiger partial charge in [-0.25, -0.2) is 9.13 Å². The Hall–Kier alpha value is -2.68. The quantitative estimate of drug-likeness (QED) is 0.338. The molecule has 4 rings (SSSR count). The van der Waals surface area contributed by atoms with Crippen LogP contribution >= 0.6 is 0 Å². The van der Waals surface area contributed by atoms with Crippen LogP contribution in [0, 0.1) is 0 Å². The molecule has 2 heterocycles. The van der Waals surface area contributed by atoms with Gasteiger partial charge in [0.25, 0.3) is 0 Å². The third-order valence-electron chi connectivity index (χ3n) is 4.53. The van der Waals surface area contributed by atoms with Gasteiger partial charge in [-0.3, -0.25) is 0 Å². The lowest BCUT2D eigenvalue weighted by Crippen LogP contribution is -3.00. The zero-order valence-electron chi connectivity index (χ0n) is 15.5. The number of halogens is 2. The van der Waals surface area contributed by atoms with E-state index in [0.717, 1.165) is 13.1 Å². The summed E-state index contributed by atoms with van der Waals surface area (Å²) in [5.74, 6) is 0. The molecule has 2 aromatic carbocycles. The van der Waals surface area contributed by atoms with Gasteiger partial charge in [0.2, 0.25) is 0 Å². The van der Waals surface area contributed by atoms with Crippen molar-refractivity contribution < 1.29 is 33.9 Å². The van der Waals surface area contributed by atoms with Crippen LogP contribution in [0.1, 0.15) is 11.1 Å². The van der Waals surface area contributed by atoms with Crippen LogP contribution in [0.3, 0.4) is 0 Å². The van der Waals surface area contributed by atoms with Crippen LogP contribution < -0.4 is 33.9 Å². The maximum atomic E-state index is 2.21. The summed E-state index contributed by atoms with van der Waals surface area (Å²) in [5, 5.41) is 0. The van der Waals surface area contributed by atoms with Gasteiger partial charge in [0.1, 0.15) is 0 Å². The Kier molecular flexibility index (Phi) is 8.19. The number of rotatable bonds is 5. The summed E-state index contributed by atoms with van der Waals surface area (Å²) in [6.07, 6.45) is 8.58. The fraction of sp³-hybridized carbons (Fsp3) is 0.0833. The molecule has 0 unspecified atom stereocenters. The highest BCUT2D eigenvalue weighted by molar-refractivity contribution is 5.60. The van der Waals surface area contributed by atoms with E-state index in [-0.39, 0.29) is 24.8 Å². The van der Waals surface area contributed by atoms with E-state index in [0.29, 0.717) is 0 Å². The minimum absolute atomic E-state index is 0. The number of hydrogen-bond acceptors (Lipinski definition) is 0. The third-order valence-corrected chi connectivity index (χ3v) is 4.53. The van der Waals surface area contributed by atoms with Crippen molar-refractivity contribution in [3.63, 3.8) is 0 Å². The average Bonchev–Trinajstić information content (AvgIpc) is 2.71. The van der Waals surface area contributed by atoms with Crippen LogP contribution in [0.5, 0.6) is 0 Å². The van der Waals surface area contributed by atoms with E-state index < -0.39 is 0 Å². The molecule has 0 bridgehead atoms. The Balaban J connectivity index is 0.00000140. The van der Waals surface area contributed by atoms with Gasteiger partial charge in [-0.05, 0) is 11.1 Å². The van der Waals surface area contributed by atoms with E-state index in [1.54, 1.807) is 0 Å². The zero-order chi connectivity index (χ0) is 17.6. The maximum absolute atomic E-state index is 2.21. The molecular formula is C24H22Cl2N2. The summed E-state index contributed by atoms with van der Waals surface area (Å²) in [5.41, 5.74) is 5.10. The minimum atomic E-state index is 0. The van der Waals surface area contributed by atoms with Gasteiger partial charge in [0, 0.05) is 35.4 Å². The molecule has 0 saturated carbocycles. The SMILES string of the molecule is [Cl-].[Cl-].c1ccc(C[n+]2ccc(-c3cc[n+](Cc4ccccc4)cc3)cc2)cc1. The van der Waals surface area contributed by atoms with Crippen molar-refractivity contribution in [2.45, 2.75) is 13.1 Å². The van der Waals surface area contributed by atoms with Crippen molar-refractivity contribution in [1.29, 1.82) is 0 Å². The minimum Gasteiger partial charge on any atom is -1.00 e. The number of nitrogens with zero attached hydrogens (tertiary/aromatic N) is 2. The van der Waals surface area contributed by atoms with E-state index in [1.807, 2.05) is 0 Å². The molecule has 0 saturated heterocycles. The van der Waals surface area contributed by atoms with Crippen molar-refractivity contribution >= 4 is 0 Å². The fourth-order valence-electron chi connectivity index (χ4n) is 3.10. The van der Waals surface area contributed by atoms with Gasteiger partial charge >= 0.3 is 0 Å². The smallest absolute Gasteiger partial charge is 0.173 e. The van der Waals surface area contributed by atoms with Crippen LogP contribution in [-0.2, 0) is 13.1 Å². The molecule has 0 aliphatic heterocycles. The molecule has 4 heteroatoms. The van der Waals surface area contributed by atoms with Crippen LogP contribution in [0.15, 0.2) is 110 Å². The standard InChI is InChI=1S/C24H22N2.2ClH/c1-3-7-21(8-4-1)19-25-15-11-23(12-16-25)24-13-17-26(18-14-24)20-22-9-5-2-6-10-22;;/h1-18H,19-20H2;2*1H/q+2;;/p-2. The van der Waals surface area contributed by atoms with Gasteiger partial charge < -0.3 is 24.8 Å². The molecule has 2 nitrogen and oxygen atoms in total. The first-order valence-corrected chi connectivity index (χ1v) is 8.93. The number of aromatic nitrogens is 2. The molecule has 0 spiro atoms. The second-order valence-corrected chi connectivity index (χ2v) is 6.49. The molecule has 142 valence electrons. The molecular weight excluding hydrogens is 387 g/mol. The van der Waals surface area contributed by atoms with E-state index in [2.05, 4.69) is 119 Å². The van der Waals surface area contributed by atoms with Gasteiger partial charge in [0.05, 0.1) is 0 Å². The number of benzene rings is 2. The Labute approximate surface area is 178 Å². The van der Waals surface area contributed by atoms with Crippen molar-refractivity contribution in [2.24, 2.45) is 0 Å². The topological polar surface area (TPSA) is 7.76 Å². The van der Waals surface area contributed by atoms with E-state index in [9.17, 15) is 0 Å². The Morgan fingerprint density at radius 1 is 0.429 bits per heavy atom. The molecule has 2 aromatic heterocycles. The molecule has 0 aliphatic carbocycles. The van der Waals surface area contributed by atoms with Crippen LogP contribution in [0.4, 0.5) is 0 Å². The van der Waals surface area contributed by atoms with Gasteiger partial charge in [-0.15, -0.1) is 0 Å². The summed E-state index contributed by atoms with van der Waals surface area (Å²) in [7, 11) is 0. The summed E-state index contributed by atoms with van der Waals surface area (Å²) in [6, 6.07) is 29.8. The highest BCUT2D eigenvalue weighted by atomic mass is 35.5. The average molecular weight is 409 g/mol. The number of pyridine rings is 2. The van der Waals surface area contributed by atoms with Crippen molar-refractivity contribution in [3.05, 3.63) is 121 Å². The largest absolute Gasteiger partial charge is 1.00 e. The summed E-state index contributed by atoms with van der Waals surface area (Å²) in [4.78, 5) is 0. The number of hydrogen-bond donors (Lipinski definition) is 0. The Bertz CT molecular complexity index is 872. The highest BCUT2D eigenvalue weighted by Gasteiger charge is 2.07. The fourth-order valence-corrected chi connectivity index (χ4v) is 3.10. The monoisotopic (exact) mass is 408 g/mol.